The number of amides is 2. The predicted molar refractivity (Wildman–Crippen MR) is 123 cm³/mol. The second-order valence-electron chi connectivity index (χ2n) is 7.61. The predicted octanol–water partition coefficient (Wildman–Crippen LogP) is 4.11. The molecule has 7 nitrogen and oxygen atoms in total. The molecule has 0 aromatic heterocycles. The molecule has 2 amide bonds. The van der Waals surface area contributed by atoms with Gasteiger partial charge >= 0.3 is 0 Å². The Hall–Kier alpha value is -3.22. The van der Waals surface area contributed by atoms with E-state index in [-0.39, 0.29) is 24.3 Å². The number of carbonyl (C=O) groups is 2. The quantitative estimate of drug-likeness (QED) is 0.602. The van der Waals surface area contributed by atoms with Gasteiger partial charge in [0.15, 0.2) is 11.5 Å². The number of hydrogen-bond acceptors (Lipinski definition) is 5. The van der Waals surface area contributed by atoms with Gasteiger partial charge in [-0.05, 0) is 57.5 Å². The number of ether oxygens (including phenoxy) is 3. The van der Waals surface area contributed by atoms with E-state index in [1.54, 1.807) is 4.90 Å². The molecule has 7 heteroatoms. The van der Waals surface area contributed by atoms with Crippen LogP contribution in [-0.2, 0) is 9.59 Å². The molecular weight excluding hydrogens is 408 g/mol. The van der Waals surface area contributed by atoms with Crippen LogP contribution in [0.5, 0.6) is 17.2 Å². The first-order valence-corrected chi connectivity index (χ1v) is 11.2. The highest BCUT2D eigenvalue weighted by molar-refractivity contribution is 6.01. The van der Waals surface area contributed by atoms with Crippen molar-refractivity contribution in [1.29, 1.82) is 0 Å². The molecule has 1 heterocycles. The Morgan fingerprint density at radius 1 is 1.00 bits per heavy atom. The van der Waals surface area contributed by atoms with Crippen molar-refractivity contribution in [2.45, 2.75) is 40.2 Å². The van der Waals surface area contributed by atoms with E-state index in [1.807, 2.05) is 70.2 Å². The number of anilines is 1. The van der Waals surface area contributed by atoms with E-state index in [0.29, 0.717) is 49.3 Å². The monoisotopic (exact) mass is 440 g/mol. The van der Waals surface area contributed by atoms with Gasteiger partial charge in [-0.15, -0.1) is 0 Å². The lowest BCUT2D eigenvalue weighted by atomic mass is 10.0. The van der Waals surface area contributed by atoms with E-state index in [9.17, 15) is 9.59 Å². The highest BCUT2D eigenvalue weighted by atomic mass is 16.5. The first-order valence-electron chi connectivity index (χ1n) is 11.2. The maximum Gasteiger partial charge on any atom is 0.227 e. The third-order valence-corrected chi connectivity index (χ3v) is 5.38. The summed E-state index contributed by atoms with van der Waals surface area (Å²) in [6, 6.07) is 12.9. The van der Waals surface area contributed by atoms with Crippen molar-refractivity contribution in [3.05, 3.63) is 48.0 Å². The topological polar surface area (TPSA) is 77.1 Å². The lowest BCUT2D eigenvalue weighted by Gasteiger charge is -2.21. The summed E-state index contributed by atoms with van der Waals surface area (Å²) in [5.74, 6) is 1.34. The lowest BCUT2D eigenvalue weighted by molar-refractivity contribution is -0.126. The maximum atomic E-state index is 13.0. The molecule has 2 aromatic carbocycles. The second-order valence-corrected chi connectivity index (χ2v) is 7.61. The number of benzene rings is 2. The van der Waals surface area contributed by atoms with E-state index >= 15 is 0 Å². The average molecular weight is 441 g/mol. The van der Waals surface area contributed by atoms with E-state index in [1.165, 1.54) is 0 Å². The van der Waals surface area contributed by atoms with Gasteiger partial charge in [0.1, 0.15) is 5.75 Å². The Labute approximate surface area is 189 Å². The summed E-state index contributed by atoms with van der Waals surface area (Å²) < 4.78 is 17.0. The minimum absolute atomic E-state index is 0.0790. The van der Waals surface area contributed by atoms with Crippen LogP contribution in [0.25, 0.3) is 0 Å². The normalized spacial score (nSPS) is 16.6. The lowest BCUT2D eigenvalue weighted by Crippen LogP contribution is -2.34. The van der Waals surface area contributed by atoms with Crippen molar-refractivity contribution in [3.63, 3.8) is 0 Å². The molecular formula is C25H32N2O5. The molecule has 2 atom stereocenters. The van der Waals surface area contributed by atoms with Gasteiger partial charge in [-0.25, -0.2) is 0 Å². The molecule has 1 N–H and O–H groups in total. The van der Waals surface area contributed by atoms with Crippen LogP contribution in [0.4, 0.5) is 5.69 Å². The molecule has 1 fully saturated rings. The number of carbonyl (C=O) groups excluding carboxylic acids is 2. The van der Waals surface area contributed by atoms with Crippen molar-refractivity contribution < 1.29 is 23.8 Å². The smallest absolute Gasteiger partial charge is 0.227 e. The van der Waals surface area contributed by atoms with Crippen LogP contribution >= 0.6 is 0 Å². The zero-order valence-electron chi connectivity index (χ0n) is 19.2. The maximum absolute atomic E-state index is 13.0. The van der Waals surface area contributed by atoms with Crippen molar-refractivity contribution in [2.75, 3.05) is 31.3 Å². The van der Waals surface area contributed by atoms with Crippen LogP contribution in [0.3, 0.4) is 0 Å². The molecule has 0 radical (unpaired) electrons. The van der Waals surface area contributed by atoms with E-state index in [4.69, 9.17) is 14.2 Å². The summed E-state index contributed by atoms with van der Waals surface area (Å²) in [5, 5.41) is 3.05. The molecule has 0 aliphatic carbocycles. The van der Waals surface area contributed by atoms with E-state index < -0.39 is 5.92 Å². The van der Waals surface area contributed by atoms with E-state index in [0.717, 1.165) is 5.56 Å². The van der Waals surface area contributed by atoms with Gasteiger partial charge < -0.3 is 24.4 Å². The summed E-state index contributed by atoms with van der Waals surface area (Å²) in [6.07, 6.45) is 0.173. The van der Waals surface area contributed by atoms with Gasteiger partial charge in [0, 0.05) is 13.0 Å². The highest BCUT2D eigenvalue weighted by Crippen LogP contribution is 2.34. The summed E-state index contributed by atoms with van der Waals surface area (Å²) in [6.45, 7) is 9.56. The number of nitrogens with zero attached hydrogens (tertiary/aromatic N) is 1. The van der Waals surface area contributed by atoms with E-state index in [2.05, 4.69) is 5.32 Å². The van der Waals surface area contributed by atoms with Crippen molar-refractivity contribution >= 4 is 17.5 Å². The zero-order valence-corrected chi connectivity index (χ0v) is 19.2. The molecule has 0 spiro atoms. The van der Waals surface area contributed by atoms with Crippen molar-refractivity contribution in [1.82, 2.24) is 5.32 Å². The number of hydrogen-bond donors (Lipinski definition) is 1. The van der Waals surface area contributed by atoms with Crippen LogP contribution in [0.2, 0.25) is 0 Å². The fourth-order valence-electron chi connectivity index (χ4n) is 3.83. The minimum atomic E-state index is -0.423. The summed E-state index contributed by atoms with van der Waals surface area (Å²) in [4.78, 5) is 27.3. The second kappa shape index (κ2) is 10.9. The fourth-order valence-corrected chi connectivity index (χ4v) is 3.83. The SMILES string of the molecule is CCOc1ccc([C@H](C)NC(=O)[C@@H]2CC(=O)N(c3ccccc3OCC)C2)cc1OCC. The Kier molecular flexibility index (Phi) is 7.98. The molecule has 172 valence electrons. The molecule has 1 aliphatic heterocycles. The Morgan fingerprint density at radius 3 is 2.38 bits per heavy atom. The molecule has 3 rings (SSSR count). The van der Waals surface area contributed by atoms with Gasteiger partial charge in [-0.3, -0.25) is 9.59 Å². The Balaban J connectivity index is 1.69. The Morgan fingerprint density at radius 2 is 1.66 bits per heavy atom. The standard InChI is InChI=1S/C25H32N2O5/c1-5-30-21-11-9-8-10-20(21)27-16-19(15-24(27)28)25(29)26-17(4)18-12-13-22(31-6-2)23(14-18)32-7-3/h8-14,17,19H,5-7,15-16H2,1-4H3,(H,26,29)/t17-,19+/m0/s1. The third-order valence-electron chi connectivity index (χ3n) is 5.38. The van der Waals surface area contributed by atoms with Gasteiger partial charge in [-0.2, -0.15) is 0 Å². The average Bonchev–Trinajstić information content (AvgIpc) is 3.17. The molecule has 1 saturated heterocycles. The summed E-state index contributed by atoms with van der Waals surface area (Å²) in [7, 11) is 0. The summed E-state index contributed by atoms with van der Waals surface area (Å²) in [5.41, 5.74) is 1.61. The van der Waals surface area contributed by atoms with Crippen LogP contribution < -0.4 is 24.4 Å². The number of nitrogens with one attached hydrogen (secondary N) is 1. The van der Waals surface area contributed by atoms with Gasteiger partial charge in [-0.1, -0.05) is 18.2 Å². The fraction of sp³-hybridized carbons (Fsp3) is 0.440. The largest absolute Gasteiger partial charge is 0.492 e. The van der Waals surface area contributed by atoms with Crippen LogP contribution in [0.15, 0.2) is 42.5 Å². The van der Waals surface area contributed by atoms with Crippen molar-refractivity contribution in [3.8, 4) is 17.2 Å². The Bertz CT molecular complexity index is 946. The first-order chi connectivity index (χ1) is 15.5. The van der Waals surface area contributed by atoms with Gasteiger partial charge in [0.05, 0.1) is 37.5 Å². The highest BCUT2D eigenvalue weighted by Gasteiger charge is 2.36. The number of rotatable bonds is 10. The minimum Gasteiger partial charge on any atom is -0.492 e. The zero-order chi connectivity index (χ0) is 23.1. The molecule has 0 saturated carbocycles. The van der Waals surface area contributed by atoms with Crippen LogP contribution in [0, 0.1) is 5.92 Å². The third kappa shape index (κ3) is 5.33. The molecule has 0 bridgehead atoms. The number of para-hydroxylation sites is 2. The molecule has 32 heavy (non-hydrogen) atoms. The van der Waals surface area contributed by atoms with Crippen LogP contribution in [0.1, 0.15) is 45.7 Å². The summed E-state index contributed by atoms with van der Waals surface area (Å²) >= 11 is 0. The molecule has 0 unspecified atom stereocenters. The van der Waals surface area contributed by atoms with Gasteiger partial charge in [0.25, 0.3) is 0 Å². The van der Waals surface area contributed by atoms with Crippen LogP contribution in [-0.4, -0.2) is 38.2 Å². The van der Waals surface area contributed by atoms with Gasteiger partial charge in [0.2, 0.25) is 11.8 Å². The molecule has 2 aromatic rings. The first kappa shape index (κ1) is 23.4. The van der Waals surface area contributed by atoms with Crippen molar-refractivity contribution in [2.24, 2.45) is 5.92 Å². The molecule has 1 aliphatic rings.